The Morgan fingerprint density at radius 2 is 0.679 bits per heavy atom. The van der Waals surface area contributed by atoms with Gasteiger partial charge in [-0.2, -0.15) is 0 Å². The number of allylic oxidation sites excluding steroid dienone is 12. The van der Waals surface area contributed by atoms with E-state index in [0.717, 1.165) is 73.7 Å². The number of hydrogen-bond acceptors (Lipinski definition) is 3. The minimum atomic E-state index is -0.103. The van der Waals surface area contributed by atoms with E-state index in [4.69, 9.17) is 0 Å². The topological polar surface area (TPSA) is 34.1 Å². The molecule has 6 aliphatic carbocycles. The highest BCUT2D eigenvalue weighted by atomic mass is 32.1. The molecule has 4 saturated carbocycles. The monoisotopic (exact) mass is 732 g/mol. The molecule has 0 spiro atoms. The summed E-state index contributed by atoms with van der Waals surface area (Å²) >= 11 is 1.94. The molecule has 3 heteroatoms. The van der Waals surface area contributed by atoms with E-state index in [9.17, 15) is 9.59 Å². The Labute approximate surface area is 326 Å². The zero-order valence-corrected chi connectivity index (χ0v) is 35.0. The predicted molar refractivity (Wildman–Crippen MR) is 226 cm³/mol. The Balaban J connectivity index is 1.37. The Morgan fingerprint density at radius 1 is 0.434 bits per heavy atom. The van der Waals surface area contributed by atoms with Crippen LogP contribution in [0.1, 0.15) is 180 Å². The summed E-state index contributed by atoms with van der Waals surface area (Å²) in [7, 11) is 0. The lowest BCUT2D eigenvalue weighted by Gasteiger charge is -2.33. The first-order valence-corrected chi connectivity index (χ1v) is 22.8. The van der Waals surface area contributed by atoms with Crippen molar-refractivity contribution in [3.63, 3.8) is 0 Å². The molecule has 1 aromatic rings. The van der Waals surface area contributed by atoms with E-state index in [1.807, 2.05) is 11.3 Å². The fourth-order valence-corrected chi connectivity index (χ4v) is 12.6. The van der Waals surface area contributed by atoms with Crippen molar-refractivity contribution in [1.82, 2.24) is 0 Å². The van der Waals surface area contributed by atoms with Gasteiger partial charge in [-0.3, -0.25) is 9.59 Å². The number of Topliss-reactive ketones (excluding diaryl/α,β-unsaturated/α-hetero) is 2. The Kier molecular flexibility index (Phi) is 11.9. The summed E-state index contributed by atoms with van der Waals surface area (Å²) < 4.78 is 0. The molecule has 0 radical (unpaired) electrons. The second-order valence-electron chi connectivity index (χ2n) is 19.7. The average Bonchev–Trinajstić information content (AvgIpc) is 3.61. The van der Waals surface area contributed by atoms with Gasteiger partial charge < -0.3 is 0 Å². The van der Waals surface area contributed by atoms with Crippen LogP contribution in [0.15, 0.2) is 69.9 Å². The van der Waals surface area contributed by atoms with Gasteiger partial charge in [0.1, 0.15) is 0 Å². The zero-order valence-electron chi connectivity index (χ0n) is 34.1. The van der Waals surface area contributed by atoms with Crippen molar-refractivity contribution < 1.29 is 9.59 Å². The summed E-state index contributed by atoms with van der Waals surface area (Å²) in [4.78, 5) is 31.4. The summed E-state index contributed by atoms with van der Waals surface area (Å²) in [6, 6.07) is 4.76. The summed E-state index contributed by atoms with van der Waals surface area (Å²) in [5.41, 5.74) is 9.51. The fourth-order valence-electron chi connectivity index (χ4n) is 11.0. The molecule has 286 valence electrons. The fraction of sp³-hybridized carbons (Fsp3) is 0.640. The summed E-state index contributed by atoms with van der Waals surface area (Å²) in [6.45, 7) is 14.2. The molecule has 4 fully saturated rings. The Hall–Kier alpha value is -2.52. The lowest BCUT2D eigenvalue weighted by Crippen LogP contribution is -2.25. The van der Waals surface area contributed by atoms with Crippen molar-refractivity contribution in [2.75, 3.05) is 0 Å². The number of carbonyl (C=O) groups excluding carboxylic acids is 2. The molecule has 6 aliphatic rings. The largest absolute Gasteiger partial charge is 0.289 e. The maximum Gasteiger partial charge on any atom is 0.185 e. The smallest absolute Gasteiger partial charge is 0.185 e. The number of hydrogen-bond donors (Lipinski definition) is 0. The molecule has 53 heavy (non-hydrogen) atoms. The molecule has 1 heterocycles. The van der Waals surface area contributed by atoms with Crippen LogP contribution in [0.4, 0.5) is 0 Å². The highest BCUT2D eigenvalue weighted by Gasteiger charge is 2.37. The van der Waals surface area contributed by atoms with Crippen LogP contribution in [0.3, 0.4) is 0 Å². The first-order chi connectivity index (χ1) is 25.4. The number of ketones is 2. The number of rotatable bonds is 6. The van der Waals surface area contributed by atoms with Gasteiger partial charge in [0.15, 0.2) is 11.6 Å². The quantitative estimate of drug-likeness (QED) is 0.292. The Morgan fingerprint density at radius 3 is 0.906 bits per heavy atom. The molecule has 0 aliphatic heterocycles. The third-order valence-electron chi connectivity index (χ3n) is 13.6. The van der Waals surface area contributed by atoms with Gasteiger partial charge in [0.25, 0.3) is 0 Å². The summed E-state index contributed by atoms with van der Waals surface area (Å²) in [5, 5.41) is 0. The standard InChI is InChI=1S/C50H68O2S/c1-49(2,3)45(37-29-39(33-19-11-7-12-20-33)47(51)40(30-37)34-21-13-8-14-22-34)43-27-28-44(53-43)46(50(4,5)6)38-31-41(35-23-15-9-16-24-35)48(52)42(32-38)36-25-17-10-18-26-36/h27-36H,7-26H2,1-6H3. The van der Waals surface area contributed by atoms with Crippen LogP contribution < -0.4 is 0 Å². The summed E-state index contributed by atoms with van der Waals surface area (Å²) in [5.74, 6) is 2.28. The van der Waals surface area contributed by atoms with Gasteiger partial charge in [0.2, 0.25) is 0 Å². The van der Waals surface area contributed by atoms with Crippen LogP contribution in [-0.4, -0.2) is 11.6 Å². The summed E-state index contributed by atoms with van der Waals surface area (Å²) in [6.07, 6.45) is 33.6. The predicted octanol–water partition coefficient (Wildman–Crippen LogP) is 14.5. The van der Waals surface area contributed by atoms with Crippen LogP contribution in [-0.2, 0) is 9.59 Å². The third kappa shape index (κ3) is 8.51. The van der Waals surface area contributed by atoms with Gasteiger partial charge in [-0.1, -0.05) is 119 Å². The van der Waals surface area contributed by atoms with Crippen molar-refractivity contribution in [2.24, 2.45) is 34.5 Å². The van der Waals surface area contributed by atoms with E-state index in [2.05, 4.69) is 78.0 Å². The molecule has 0 saturated heterocycles. The molecule has 0 N–H and O–H groups in total. The molecule has 2 nitrogen and oxygen atoms in total. The molecular formula is C50H68O2S. The zero-order chi connectivity index (χ0) is 37.3. The highest BCUT2D eigenvalue weighted by Crippen LogP contribution is 2.50. The van der Waals surface area contributed by atoms with E-state index in [1.54, 1.807) is 0 Å². The van der Waals surface area contributed by atoms with Crippen molar-refractivity contribution in [3.05, 3.63) is 79.6 Å². The van der Waals surface area contributed by atoms with E-state index >= 15 is 0 Å². The van der Waals surface area contributed by atoms with Crippen molar-refractivity contribution in [2.45, 2.75) is 170 Å². The second-order valence-corrected chi connectivity index (χ2v) is 20.8. The minimum absolute atomic E-state index is 0.103. The van der Waals surface area contributed by atoms with Gasteiger partial charge in [0, 0.05) is 32.0 Å². The highest BCUT2D eigenvalue weighted by molar-refractivity contribution is 7.14. The molecule has 1 aromatic heterocycles. The number of carbonyl (C=O) groups is 2. The molecule has 0 bridgehead atoms. The van der Waals surface area contributed by atoms with Crippen LogP contribution in [0.2, 0.25) is 0 Å². The lowest BCUT2D eigenvalue weighted by molar-refractivity contribution is -0.114. The minimum Gasteiger partial charge on any atom is -0.289 e. The molecule has 0 aromatic carbocycles. The van der Waals surface area contributed by atoms with Crippen LogP contribution in [0.5, 0.6) is 0 Å². The average molecular weight is 733 g/mol. The van der Waals surface area contributed by atoms with Gasteiger partial charge in [-0.15, -0.1) is 11.3 Å². The molecular weight excluding hydrogens is 665 g/mol. The first kappa shape index (κ1) is 38.7. The van der Waals surface area contributed by atoms with E-state index in [1.165, 1.54) is 109 Å². The van der Waals surface area contributed by atoms with Crippen LogP contribution in [0.25, 0.3) is 11.1 Å². The second kappa shape index (κ2) is 16.3. The van der Waals surface area contributed by atoms with E-state index in [-0.39, 0.29) is 10.8 Å². The van der Waals surface area contributed by atoms with E-state index < -0.39 is 0 Å². The van der Waals surface area contributed by atoms with Gasteiger partial charge in [-0.25, -0.2) is 0 Å². The van der Waals surface area contributed by atoms with E-state index in [0.29, 0.717) is 35.2 Å². The maximum atomic E-state index is 14.4. The third-order valence-corrected chi connectivity index (χ3v) is 14.8. The van der Waals surface area contributed by atoms with Crippen molar-refractivity contribution in [3.8, 4) is 0 Å². The molecule has 7 rings (SSSR count). The van der Waals surface area contributed by atoms with Crippen LogP contribution >= 0.6 is 11.3 Å². The lowest BCUT2D eigenvalue weighted by atomic mass is 9.71. The Bertz CT molecular complexity index is 1520. The first-order valence-electron chi connectivity index (χ1n) is 22.0. The normalized spacial score (nSPS) is 23.8. The SMILES string of the molecule is CC(C)(C)C(=C1C=C(C2CCCCC2)C(=O)C(C2CCCCC2)=C1)c1ccc(C(=C2C=C(C3CCCCC3)C(=O)C(C3CCCCC3)=C2)C(C)(C)C)s1. The van der Waals surface area contributed by atoms with Gasteiger partial charge >= 0.3 is 0 Å². The van der Waals surface area contributed by atoms with Crippen molar-refractivity contribution >= 4 is 34.0 Å². The van der Waals surface area contributed by atoms with Crippen LogP contribution in [0, 0.1) is 34.5 Å². The van der Waals surface area contributed by atoms with Crippen molar-refractivity contribution in [1.29, 1.82) is 0 Å². The van der Waals surface area contributed by atoms with Gasteiger partial charge in [-0.05, 0) is 145 Å². The molecule has 0 unspecified atom stereocenters. The maximum absolute atomic E-state index is 14.4. The molecule has 0 atom stereocenters. The number of thiophene rings is 1. The molecule has 0 amide bonds. The van der Waals surface area contributed by atoms with Gasteiger partial charge in [0.05, 0.1) is 0 Å².